The Labute approximate surface area is 94.2 Å². The molecule has 0 aromatic heterocycles. The van der Waals surface area contributed by atoms with Crippen LogP contribution < -0.4 is 5.32 Å². The van der Waals surface area contributed by atoms with Crippen LogP contribution in [0.2, 0.25) is 0 Å². The van der Waals surface area contributed by atoms with Gasteiger partial charge in [0.25, 0.3) is 0 Å². The number of hydrogen-bond donors (Lipinski definition) is 1. The Morgan fingerprint density at radius 3 is 1.93 bits per heavy atom. The average Bonchev–Trinajstić information content (AvgIpc) is 2.17. The molecule has 84 valence electrons. The molecule has 0 aliphatic heterocycles. The molecule has 0 atom stereocenters. The lowest BCUT2D eigenvalue weighted by Crippen LogP contribution is -1.97. The minimum Gasteiger partial charge on any atom is -0.359 e. The van der Waals surface area contributed by atoms with E-state index in [0.717, 1.165) is 11.4 Å². The van der Waals surface area contributed by atoms with Crippen LogP contribution in [0.25, 0.3) is 0 Å². The molecule has 1 nitrogen and oxygen atoms in total. The highest BCUT2D eigenvalue weighted by atomic mass is 14.9. The summed E-state index contributed by atoms with van der Waals surface area (Å²) in [6.45, 7) is 16.2. The number of anilines is 1. The van der Waals surface area contributed by atoms with E-state index in [4.69, 9.17) is 0 Å². The lowest BCUT2D eigenvalue weighted by molar-refractivity contribution is 1.27. The van der Waals surface area contributed by atoms with Gasteiger partial charge in [-0.2, -0.15) is 0 Å². The first-order chi connectivity index (χ1) is 7.00. The van der Waals surface area contributed by atoms with Crippen LogP contribution in [0.1, 0.15) is 37.5 Å². The highest BCUT2D eigenvalue weighted by molar-refractivity contribution is 5.57. The van der Waals surface area contributed by atoms with Crippen molar-refractivity contribution in [1.29, 1.82) is 0 Å². The van der Waals surface area contributed by atoms with Gasteiger partial charge < -0.3 is 5.32 Å². The smallest absolute Gasteiger partial charge is 0.0414 e. The molecule has 0 spiro atoms. The van der Waals surface area contributed by atoms with Gasteiger partial charge in [0.05, 0.1) is 0 Å². The van der Waals surface area contributed by atoms with Gasteiger partial charge in [-0.05, 0) is 50.5 Å². The largest absolute Gasteiger partial charge is 0.359 e. The third-order valence-electron chi connectivity index (χ3n) is 2.19. The van der Waals surface area contributed by atoms with Crippen LogP contribution in [0.4, 0.5) is 5.69 Å². The van der Waals surface area contributed by atoms with Crippen molar-refractivity contribution >= 4 is 5.69 Å². The summed E-state index contributed by atoms with van der Waals surface area (Å²) in [5.74, 6) is 0. The van der Waals surface area contributed by atoms with E-state index in [-0.39, 0.29) is 0 Å². The van der Waals surface area contributed by atoms with Crippen molar-refractivity contribution < 1.29 is 0 Å². The SMILES string of the molecule is C=C(C)Nc1cc(C)c(C)cc1C.CC. The Hall–Kier alpha value is -1.24. The summed E-state index contributed by atoms with van der Waals surface area (Å²) < 4.78 is 0. The highest BCUT2D eigenvalue weighted by Gasteiger charge is 2.00. The monoisotopic (exact) mass is 205 g/mol. The Bertz CT molecular complexity index is 337. The molecule has 0 aliphatic rings. The molecule has 15 heavy (non-hydrogen) atoms. The van der Waals surface area contributed by atoms with E-state index in [1.54, 1.807) is 0 Å². The summed E-state index contributed by atoms with van der Waals surface area (Å²) >= 11 is 0. The molecule has 0 fully saturated rings. The summed E-state index contributed by atoms with van der Waals surface area (Å²) in [4.78, 5) is 0. The van der Waals surface area contributed by atoms with Crippen LogP contribution in [-0.2, 0) is 0 Å². The second-order valence-electron chi connectivity index (χ2n) is 3.66. The van der Waals surface area contributed by atoms with Gasteiger partial charge in [0, 0.05) is 11.4 Å². The lowest BCUT2D eigenvalue weighted by atomic mass is 10.0. The predicted octanol–water partition coefficient (Wildman–Crippen LogP) is 4.58. The fourth-order valence-corrected chi connectivity index (χ4v) is 1.33. The van der Waals surface area contributed by atoms with Gasteiger partial charge in [0.2, 0.25) is 0 Å². The van der Waals surface area contributed by atoms with Crippen molar-refractivity contribution in [3.8, 4) is 0 Å². The molecule has 0 aliphatic carbocycles. The number of aryl methyl sites for hydroxylation is 3. The minimum atomic E-state index is 0.978. The maximum absolute atomic E-state index is 3.83. The van der Waals surface area contributed by atoms with Crippen molar-refractivity contribution in [3.05, 3.63) is 41.1 Å². The van der Waals surface area contributed by atoms with Crippen molar-refractivity contribution in [2.75, 3.05) is 5.32 Å². The van der Waals surface area contributed by atoms with Crippen LogP contribution in [0.3, 0.4) is 0 Å². The van der Waals surface area contributed by atoms with Gasteiger partial charge in [-0.1, -0.05) is 26.5 Å². The Balaban J connectivity index is 0.000000921. The molecule has 0 saturated carbocycles. The van der Waals surface area contributed by atoms with Crippen molar-refractivity contribution in [1.82, 2.24) is 0 Å². The first-order valence-corrected chi connectivity index (χ1v) is 5.51. The van der Waals surface area contributed by atoms with Crippen LogP contribution >= 0.6 is 0 Å². The van der Waals surface area contributed by atoms with E-state index in [1.807, 2.05) is 20.8 Å². The van der Waals surface area contributed by atoms with E-state index in [9.17, 15) is 0 Å². The summed E-state index contributed by atoms with van der Waals surface area (Å²) in [5.41, 5.74) is 6.06. The second-order valence-corrected chi connectivity index (χ2v) is 3.66. The van der Waals surface area contributed by atoms with E-state index < -0.39 is 0 Å². The predicted molar refractivity (Wildman–Crippen MR) is 70.4 cm³/mol. The molecule has 1 aromatic carbocycles. The van der Waals surface area contributed by atoms with Gasteiger partial charge in [-0.15, -0.1) is 0 Å². The topological polar surface area (TPSA) is 12.0 Å². The van der Waals surface area contributed by atoms with E-state index >= 15 is 0 Å². The molecule has 1 aromatic rings. The zero-order chi connectivity index (χ0) is 12.0. The number of allylic oxidation sites excluding steroid dienone is 1. The van der Waals surface area contributed by atoms with Crippen LogP contribution in [0.5, 0.6) is 0 Å². The molecule has 1 rings (SSSR count). The van der Waals surface area contributed by atoms with Crippen LogP contribution in [0, 0.1) is 20.8 Å². The molecular weight excluding hydrogens is 182 g/mol. The third-order valence-corrected chi connectivity index (χ3v) is 2.19. The molecule has 1 heteroatoms. The fraction of sp³-hybridized carbons (Fsp3) is 0.429. The van der Waals surface area contributed by atoms with Gasteiger partial charge in [-0.3, -0.25) is 0 Å². The molecule has 0 amide bonds. The van der Waals surface area contributed by atoms with Gasteiger partial charge in [-0.25, -0.2) is 0 Å². The Morgan fingerprint density at radius 2 is 1.47 bits per heavy atom. The van der Waals surface area contributed by atoms with Gasteiger partial charge in [0.1, 0.15) is 0 Å². The number of rotatable bonds is 2. The van der Waals surface area contributed by atoms with Crippen molar-refractivity contribution in [2.24, 2.45) is 0 Å². The second kappa shape index (κ2) is 6.28. The molecule has 0 saturated heterocycles. The quantitative estimate of drug-likeness (QED) is 0.745. The standard InChI is InChI=1S/C12H17N.C2H6/c1-8(2)13-12-7-10(4)9(3)6-11(12)5;1-2/h6-7,13H,1H2,2-5H3;1-2H3. The maximum atomic E-state index is 3.83. The lowest BCUT2D eigenvalue weighted by Gasteiger charge is -2.11. The first kappa shape index (κ1) is 13.8. The van der Waals surface area contributed by atoms with Crippen molar-refractivity contribution in [2.45, 2.75) is 41.5 Å². The summed E-state index contributed by atoms with van der Waals surface area (Å²) in [7, 11) is 0. The van der Waals surface area contributed by atoms with Crippen molar-refractivity contribution in [3.63, 3.8) is 0 Å². The molecule has 0 radical (unpaired) electrons. The molecule has 0 heterocycles. The van der Waals surface area contributed by atoms with E-state index in [0.29, 0.717) is 0 Å². The fourth-order valence-electron chi connectivity index (χ4n) is 1.33. The zero-order valence-corrected chi connectivity index (χ0v) is 10.9. The average molecular weight is 205 g/mol. The van der Waals surface area contributed by atoms with Crippen LogP contribution in [0.15, 0.2) is 24.4 Å². The maximum Gasteiger partial charge on any atom is 0.0414 e. The Morgan fingerprint density at radius 1 is 1.00 bits per heavy atom. The molecule has 0 unspecified atom stereocenters. The third kappa shape index (κ3) is 4.20. The number of benzene rings is 1. The normalized spacial score (nSPS) is 8.93. The van der Waals surface area contributed by atoms with Gasteiger partial charge >= 0.3 is 0 Å². The van der Waals surface area contributed by atoms with Crippen LogP contribution in [-0.4, -0.2) is 0 Å². The first-order valence-electron chi connectivity index (χ1n) is 5.51. The summed E-state index contributed by atoms with van der Waals surface area (Å²) in [6, 6.07) is 4.36. The highest BCUT2D eigenvalue weighted by Crippen LogP contribution is 2.20. The molecule has 0 bridgehead atoms. The number of hydrogen-bond acceptors (Lipinski definition) is 1. The number of nitrogens with one attached hydrogen (secondary N) is 1. The molecular formula is C14H23N. The summed E-state index contributed by atoms with van der Waals surface area (Å²) in [5, 5.41) is 3.25. The van der Waals surface area contributed by atoms with Gasteiger partial charge in [0.15, 0.2) is 0 Å². The van der Waals surface area contributed by atoms with E-state index in [1.165, 1.54) is 16.7 Å². The Kier molecular flexibility index (Phi) is 5.76. The zero-order valence-electron chi connectivity index (χ0n) is 10.9. The summed E-state index contributed by atoms with van der Waals surface area (Å²) in [6.07, 6.45) is 0. The minimum absolute atomic E-state index is 0.978. The van der Waals surface area contributed by atoms with E-state index in [2.05, 4.69) is 44.8 Å². The molecule has 1 N–H and O–H groups in total.